The minimum atomic E-state index is -0.909. The largest absolute Gasteiger partial charge is 0.478 e. The van der Waals surface area contributed by atoms with E-state index in [4.69, 9.17) is 16.7 Å². The summed E-state index contributed by atoms with van der Waals surface area (Å²) in [4.78, 5) is 10.8. The Balaban J connectivity index is 2.83. The summed E-state index contributed by atoms with van der Waals surface area (Å²) < 4.78 is 1.78. The Morgan fingerprint density at radius 2 is 2.21 bits per heavy atom. The first kappa shape index (κ1) is 10.2. The SMILES string of the molecule is O=C(O)c1csc2c(Cl)c(I)ccc12. The normalized spacial score (nSPS) is 10.7. The molecule has 1 heterocycles. The van der Waals surface area contributed by atoms with Gasteiger partial charge in [-0.05, 0) is 28.7 Å². The van der Waals surface area contributed by atoms with Crippen molar-refractivity contribution in [2.24, 2.45) is 0 Å². The Bertz CT molecular complexity index is 521. The highest BCUT2D eigenvalue weighted by Gasteiger charge is 2.13. The molecule has 0 spiro atoms. The number of rotatable bonds is 1. The second kappa shape index (κ2) is 3.67. The molecule has 0 fully saturated rings. The number of carboxylic acids is 1. The summed E-state index contributed by atoms with van der Waals surface area (Å²) in [6.07, 6.45) is 0. The standard InChI is InChI=1S/C9H4ClIO2S/c10-7-6(11)2-1-4-5(9(12)13)3-14-8(4)7/h1-3H,(H,12,13). The van der Waals surface area contributed by atoms with E-state index >= 15 is 0 Å². The Kier molecular flexibility index (Phi) is 2.68. The molecule has 72 valence electrons. The first-order valence-electron chi connectivity index (χ1n) is 3.69. The predicted octanol–water partition coefficient (Wildman–Crippen LogP) is 3.86. The number of carboxylic acid groups (broad SMARTS) is 1. The first-order valence-corrected chi connectivity index (χ1v) is 6.03. The van der Waals surface area contributed by atoms with Crippen LogP contribution >= 0.6 is 45.5 Å². The van der Waals surface area contributed by atoms with Crippen molar-refractivity contribution < 1.29 is 9.90 Å². The van der Waals surface area contributed by atoms with Gasteiger partial charge in [0.05, 0.1) is 15.3 Å². The van der Waals surface area contributed by atoms with Gasteiger partial charge in [0.25, 0.3) is 0 Å². The topological polar surface area (TPSA) is 37.3 Å². The van der Waals surface area contributed by atoms with E-state index in [2.05, 4.69) is 22.6 Å². The Hall–Kier alpha value is -0.330. The van der Waals surface area contributed by atoms with Gasteiger partial charge in [0.2, 0.25) is 0 Å². The fourth-order valence-corrected chi connectivity index (χ4v) is 3.12. The third kappa shape index (κ3) is 1.51. The van der Waals surface area contributed by atoms with Gasteiger partial charge >= 0.3 is 5.97 Å². The van der Waals surface area contributed by atoms with E-state index in [1.807, 2.05) is 6.07 Å². The number of hydrogen-bond donors (Lipinski definition) is 1. The molecule has 0 bridgehead atoms. The second-order valence-corrected chi connectivity index (χ2v) is 5.11. The van der Waals surface area contributed by atoms with E-state index < -0.39 is 5.97 Å². The van der Waals surface area contributed by atoms with Crippen molar-refractivity contribution >= 4 is 61.6 Å². The average molecular weight is 339 g/mol. The maximum Gasteiger partial charge on any atom is 0.337 e. The second-order valence-electron chi connectivity index (χ2n) is 2.69. The molecule has 1 aromatic carbocycles. The molecule has 2 nitrogen and oxygen atoms in total. The van der Waals surface area contributed by atoms with Gasteiger partial charge in [-0.2, -0.15) is 0 Å². The number of hydrogen-bond acceptors (Lipinski definition) is 2. The van der Waals surface area contributed by atoms with Crippen LogP contribution in [0.25, 0.3) is 10.1 Å². The van der Waals surface area contributed by atoms with Crippen molar-refractivity contribution in [3.05, 3.63) is 31.7 Å². The molecule has 0 amide bonds. The highest BCUT2D eigenvalue weighted by molar-refractivity contribution is 14.1. The van der Waals surface area contributed by atoms with Crippen molar-refractivity contribution in [1.29, 1.82) is 0 Å². The van der Waals surface area contributed by atoms with Gasteiger partial charge in [-0.15, -0.1) is 11.3 Å². The highest BCUT2D eigenvalue weighted by Crippen LogP contribution is 2.34. The van der Waals surface area contributed by atoms with Gasteiger partial charge in [0, 0.05) is 14.3 Å². The third-order valence-corrected chi connectivity index (χ3v) is 4.60. The molecule has 0 aliphatic heterocycles. The average Bonchev–Trinajstić information content (AvgIpc) is 2.55. The minimum Gasteiger partial charge on any atom is -0.478 e. The lowest BCUT2D eigenvalue weighted by molar-refractivity contribution is 0.0699. The van der Waals surface area contributed by atoms with Crippen molar-refractivity contribution in [1.82, 2.24) is 0 Å². The summed E-state index contributed by atoms with van der Waals surface area (Å²) >= 11 is 9.55. The van der Waals surface area contributed by atoms with Crippen molar-refractivity contribution in [2.45, 2.75) is 0 Å². The summed E-state index contributed by atoms with van der Waals surface area (Å²) in [5.41, 5.74) is 0.323. The van der Waals surface area contributed by atoms with Crippen LogP contribution in [0.4, 0.5) is 0 Å². The van der Waals surface area contributed by atoms with Crippen molar-refractivity contribution in [3.63, 3.8) is 0 Å². The molecule has 0 aliphatic carbocycles. The van der Waals surface area contributed by atoms with E-state index in [-0.39, 0.29) is 0 Å². The van der Waals surface area contributed by atoms with E-state index in [9.17, 15) is 4.79 Å². The van der Waals surface area contributed by atoms with Crippen LogP contribution in [0.3, 0.4) is 0 Å². The molecule has 0 saturated heterocycles. The van der Waals surface area contributed by atoms with E-state index in [1.165, 1.54) is 11.3 Å². The number of benzene rings is 1. The van der Waals surface area contributed by atoms with E-state index in [0.717, 1.165) is 8.27 Å². The van der Waals surface area contributed by atoms with Gasteiger partial charge in [-0.25, -0.2) is 4.79 Å². The van der Waals surface area contributed by atoms with Crippen LogP contribution in [0.1, 0.15) is 10.4 Å². The zero-order valence-corrected chi connectivity index (χ0v) is 10.5. The molecular weight excluding hydrogens is 335 g/mol. The van der Waals surface area contributed by atoms with Crippen LogP contribution in [-0.2, 0) is 0 Å². The van der Waals surface area contributed by atoms with Crippen LogP contribution in [0.15, 0.2) is 17.5 Å². The molecule has 0 radical (unpaired) electrons. The van der Waals surface area contributed by atoms with Crippen LogP contribution in [0.5, 0.6) is 0 Å². The monoisotopic (exact) mass is 338 g/mol. The molecule has 1 N–H and O–H groups in total. The molecule has 0 aliphatic rings. The van der Waals surface area contributed by atoms with Crippen molar-refractivity contribution in [2.75, 3.05) is 0 Å². The summed E-state index contributed by atoms with van der Waals surface area (Å²) in [5.74, 6) is -0.909. The fraction of sp³-hybridized carbons (Fsp3) is 0. The van der Waals surface area contributed by atoms with Gasteiger partial charge < -0.3 is 5.11 Å². The molecule has 0 saturated carbocycles. The van der Waals surface area contributed by atoms with Gasteiger partial charge in [-0.3, -0.25) is 0 Å². The number of carbonyl (C=O) groups is 1. The highest BCUT2D eigenvalue weighted by atomic mass is 127. The maximum atomic E-state index is 10.8. The third-order valence-electron chi connectivity index (χ3n) is 1.87. The number of halogens is 2. The van der Waals surface area contributed by atoms with Crippen LogP contribution in [0.2, 0.25) is 5.02 Å². The number of thiophene rings is 1. The quantitative estimate of drug-likeness (QED) is 0.802. The van der Waals surface area contributed by atoms with Gasteiger partial charge in [0.1, 0.15) is 0 Å². The molecular formula is C9H4ClIO2S. The molecule has 2 aromatic rings. The number of aromatic carboxylic acids is 1. The zero-order valence-electron chi connectivity index (χ0n) is 6.75. The van der Waals surface area contributed by atoms with E-state index in [0.29, 0.717) is 16.0 Å². The lowest BCUT2D eigenvalue weighted by atomic mass is 10.2. The lowest BCUT2D eigenvalue weighted by Crippen LogP contribution is -1.93. The Morgan fingerprint density at radius 3 is 2.86 bits per heavy atom. The Morgan fingerprint density at radius 1 is 1.50 bits per heavy atom. The maximum absolute atomic E-state index is 10.8. The number of fused-ring (bicyclic) bond motifs is 1. The molecule has 5 heteroatoms. The van der Waals surface area contributed by atoms with Crippen LogP contribution in [0, 0.1) is 3.57 Å². The van der Waals surface area contributed by atoms with Crippen LogP contribution < -0.4 is 0 Å². The molecule has 1 aromatic heterocycles. The lowest BCUT2D eigenvalue weighted by Gasteiger charge is -1.97. The molecule has 2 rings (SSSR count). The van der Waals surface area contributed by atoms with E-state index in [1.54, 1.807) is 11.4 Å². The summed E-state index contributed by atoms with van der Waals surface area (Å²) in [5, 5.41) is 11.9. The smallest absolute Gasteiger partial charge is 0.337 e. The summed E-state index contributed by atoms with van der Waals surface area (Å²) in [6.45, 7) is 0. The molecule has 0 unspecified atom stereocenters. The summed E-state index contributed by atoms with van der Waals surface area (Å²) in [6, 6.07) is 3.62. The fourth-order valence-electron chi connectivity index (χ4n) is 1.21. The van der Waals surface area contributed by atoms with Gasteiger partial charge in [-0.1, -0.05) is 17.7 Å². The predicted molar refractivity (Wildman–Crippen MR) is 66.5 cm³/mol. The van der Waals surface area contributed by atoms with Gasteiger partial charge in [0.15, 0.2) is 0 Å². The first-order chi connectivity index (χ1) is 6.61. The molecule has 0 atom stereocenters. The van der Waals surface area contributed by atoms with Crippen LogP contribution in [-0.4, -0.2) is 11.1 Å². The summed E-state index contributed by atoms with van der Waals surface area (Å²) in [7, 11) is 0. The zero-order chi connectivity index (χ0) is 10.3. The Labute approximate surface area is 103 Å². The molecule has 14 heavy (non-hydrogen) atoms. The minimum absolute atomic E-state index is 0.323. The van der Waals surface area contributed by atoms with Crippen molar-refractivity contribution in [3.8, 4) is 0 Å².